The van der Waals surface area contributed by atoms with Crippen molar-refractivity contribution in [3.63, 3.8) is 0 Å². The third-order valence-electron chi connectivity index (χ3n) is 5.02. The number of aromatic nitrogens is 3. The second-order valence-corrected chi connectivity index (χ2v) is 8.02. The van der Waals surface area contributed by atoms with Crippen molar-refractivity contribution in [2.45, 2.75) is 51.2 Å². The van der Waals surface area contributed by atoms with Gasteiger partial charge in [-0.2, -0.15) is 0 Å². The monoisotopic (exact) mass is 408 g/mol. The molecule has 1 atom stereocenters. The van der Waals surface area contributed by atoms with Crippen molar-refractivity contribution in [2.24, 2.45) is 0 Å². The van der Waals surface area contributed by atoms with Gasteiger partial charge in [0.2, 0.25) is 5.91 Å². The molecule has 0 unspecified atom stereocenters. The predicted octanol–water partition coefficient (Wildman–Crippen LogP) is 5.13. The Labute approximate surface area is 176 Å². The van der Waals surface area contributed by atoms with Crippen LogP contribution < -0.4 is 5.32 Å². The Balaban J connectivity index is 1.57. The standard InChI is InChI=1S/C23H28N4OS/c1-4-17(3)19-11-13-20(14-12-19)24-22(28)16-29-23-26-25-21(27(23)5-2)15-18-9-7-6-8-10-18/h6-14,17H,4-5,15-16H2,1-3H3,(H,24,28)/t17-/m1/s1. The number of benzene rings is 2. The van der Waals surface area contributed by atoms with Crippen LogP contribution in [0.3, 0.4) is 0 Å². The normalized spacial score (nSPS) is 12.0. The fraction of sp³-hybridized carbons (Fsp3) is 0.348. The molecule has 3 aromatic rings. The number of anilines is 1. The van der Waals surface area contributed by atoms with Crippen molar-refractivity contribution in [3.05, 3.63) is 71.5 Å². The molecule has 0 saturated carbocycles. The van der Waals surface area contributed by atoms with Gasteiger partial charge in [0.25, 0.3) is 0 Å². The smallest absolute Gasteiger partial charge is 0.234 e. The Morgan fingerprint density at radius 2 is 1.79 bits per heavy atom. The molecule has 3 rings (SSSR count). The molecule has 0 bridgehead atoms. The summed E-state index contributed by atoms with van der Waals surface area (Å²) >= 11 is 1.42. The molecule has 1 aromatic heterocycles. The van der Waals surface area contributed by atoms with E-state index in [2.05, 4.69) is 65.1 Å². The zero-order valence-corrected chi connectivity index (χ0v) is 18.1. The Kier molecular flexibility index (Phi) is 7.47. The number of carbonyl (C=O) groups excluding carboxylic acids is 1. The predicted molar refractivity (Wildman–Crippen MR) is 119 cm³/mol. The summed E-state index contributed by atoms with van der Waals surface area (Å²) in [6.45, 7) is 7.23. The number of hydrogen-bond acceptors (Lipinski definition) is 4. The van der Waals surface area contributed by atoms with Gasteiger partial charge in [0, 0.05) is 18.7 Å². The zero-order valence-electron chi connectivity index (χ0n) is 17.3. The fourth-order valence-corrected chi connectivity index (χ4v) is 3.93. The maximum absolute atomic E-state index is 12.4. The van der Waals surface area contributed by atoms with E-state index in [0.29, 0.717) is 11.7 Å². The molecular formula is C23H28N4OS. The van der Waals surface area contributed by atoms with Gasteiger partial charge in [-0.15, -0.1) is 10.2 Å². The third kappa shape index (κ3) is 5.70. The Morgan fingerprint density at radius 1 is 1.07 bits per heavy atom. The van der Waals surface area contributed by atoms with Crippen molar-refractivity contribution in [3.8, 4) is 0 Å². The van der Waals surface area contributed by atoms with Crippen molar-refractivity contribution < 1.29 is 4.79 Å². The average molecular weight is 409 g/mol. The molecule has 152 valence electrons. The molecule has 0 radical (unpaired) electrons. The largest absolute Gasteiger partial charge is 0.325 e. The van der Waals surface area contributed by atoms with Crippen LogP contribution in [0.2, 0.25) is 0 Å². The topological polar surface area (TPSA) is 59.8 Å². The first-order valence-electron chi connectivity index (χ1n) is 10.1. The molecule has 1 heterocycles. The van der Waals surface area contributed by atoms with E-state index < -0.39 is 0 Å². The van der Waals surface area contributed by atoms with Gasteiger partial charge in [0.1, 0.15) is 5.82 Å². The van der Waals surface area contributed by atoms with Crippen LogP contribution in [0, 0.1) is 0 Å². The Hall–Kier alpha value is -2.60. The maximum atomic E-state index is 12.4. The first kappa shape index (κ1) is 21.1. The van der Waals surface area contributed by atoms with Gasteiger partial charge in [-0.3, -0.25) is 4.79 Å². The van der Waals surface area contributed by atoms with Gasteiger partial charge in [0.05, 0.1) is 5.75 Å². The number of hydrogen-bond donors (Lipinski definition) is 1. The summed E-state index contributed by atoms with van der Waals surface area (Å²) in [6, 6.07) is 18.3. The number of amides is 1. The van der Waals surface area contributed by atoms with Crippen LogP contribution in [0.5, 0.6) is 0 Å². The van der Waals surface area contributed by atoms with Crippen molar-refractivity contribution >= 4 is 23.4 Å². The van der Waals surface area contributed by atoms with Gasteiger partial charge in [0.15, 0.2) is 5.16 Å². The molecule has 5 nitrogen and oxygen atoms in total. The number of nitrogens with zero attached hydrogens (tertiary/aromatic N) is 3. The molecule has 0 aliphatic heterocycles. The highest BCUT2D eigenvalue weighted by molar-refractivity contribution is 7.99. The zero-order chi connectivity index (χ0) is 20.6. The molecule has 0 aliphatic carbocycles. The van der Waals surface area contributed by atoms with E-state index in [1.165, 1.54) is 22.9 Å². The van der Waals surface area contributed by atoms with Crippen molar-refractivity contribution in [2.75, 3.05) is 11.1 Å². The van der Waals surface area contributed by atoms with Crippen molar-refractivity contribution in [1.82, 2.24) is 14.8 Å². The van der Waals surface area contributed by atoms with E-state index >= 15 is 0 Å². The van der Waals surface area contributed by atoms with Crippen LogP contribution in [0.4, 0.5) is 5.69 Å². The molecule has 1 amide bonds. The Morgan fingerprint density at radius 3 is 2.45 bits per heavy atom. The molecular weight excluding hydrogens is 380 g/mol. The van der Waals surface area contributed by atoms with Gasteiger partial charge in [-0.25, -0.2) is 0 Å². The van der Waals surface area contributed by atoms with E-state index in [0.717, 1.165) is 36.1 Å². The van der Waals surface area contributed by atoms with Crippen LogP contribution in [0.15, 0.2) is 59.8 Å². The summed E-state index contributed by atoms with van der Waals surface area (Å²) in [5.41, 5.74) is 3.32. The van der Waals surface area contributed by atoms with E-state index in [9.17, 15) is 4.79 Å². The Bertz CT molecular complexity index is 922. The molecule has 0 saturated heterocycles. The third-order valence-corrected chi connectivity index (χ3v) is 5.99. The second kappa shape index (κ2) is 10.3. The maximum Gasteiger partial charge on any atom is 0.234 e. The highest BCUT2D eigenvalue weighted by atomic mass is 32.2. The number of rotatable bonds is 9. The summed E-state index contributed by atoms with van der Waals surface area (Å²) < 4.78 is 2.08. The van der Waals surface area contributed by atoms with Crippen LogP contribution in [0.1, 0.15) is 50.1 Å². The molecule has 0 aliphatic rings. The molecule has 0 fully saturated rings. The second-order valence-electron chi connectivity index (χ2n) is 7.07. The fourth-order valence-electron chi connectivity index (χ4n) is 3.11. The molecule has 1 N–H and O–H groups in total. The lowest BCUT2D eigenvalue weighted by atomic mass is 9.99. The first-order chi connectivity index (χ1) is 14.1. The van der Waals surface area contributed by atoms with Crippen LogP contribution in [-0.4, -0.2) is 26.4 Å². The highest BCUT2D eigenvalue weighted by Gasteiger charge is 2.14. The lowest BCUT2D eigenvalue weighted by Gasteiger charge is -2.11. The van der Waals surface area contributed by atoms with E-state index in [4.69, 9.17) is 0 Å². The molecule has 2 aromatic carbocycles. The van der Waals surface area contributed by atoms with E-state index in [1.807, 2.05) is 30.3 Å². The summed E-state index contributed by atoms with van der Waals surface area (Å²) in [7, 11) is 0. The number of carbonyl (C=O) groups is 1. The first-order valence-corrected chi connectivity index (χ1v) is 11.1. The van der Waals surface area contributed by atoms with Crippen molar-refractivity contribution in [1.29, 1.82) is 0 Å². The lowest BCUT2D eigenvalue weighted by Crippen LogP contribution is -2.14. The summed E-state index contributed by atoms with van der Waals surface area (Å²) in [5.74, 6) is 1.71. The molecule has 6 heteroatoms. The van der Waals surface area contributed by atoms with Gasteiger partial charge in [-0.1, -0.05) is 68.1 Å². The van der Waals surface area contributed by atoms with Crippen LogP contribution in [-0.2, 0) is 17.8 Å². The minimum atomic E-state index is -0.0402. The van der Waals surface area contributed by atoms with Gasteiger partial charge >= 0.3 is 0 Å². The van der Waals surface area contributed by atoms with Crippen LogP contribution >= 0.6 is 11.8 Å². The quantitative estimate of drug-likeness (QED) is 0.499. The summed E-state index contributed by atoms with van der Waals surface area (Å²) in [6.07, 6.45) is 1.84. The van der Waals surface area contributed by atoms with E-state index in [-0.39, 0.29) is 5.91 Å². The molecule has 29 heavy (non-hydrogen) atoms. The number of thioether (sulfide) groups is 1. The van der Waals surface area contributed by atoms with Crippen LogP contribution in [0.25, 0.3) is 0 Å². The SMILES string of the molecule is CC[C@@H](C)c1ccc(NC(=O)CSc2nnc(Cc3ccccc3)n2CC)cc1. The molecule has 0 spiro atoms. The van der Waals surface area contributed by atoms with E-state index in [1.54, 1.807) is 0 Å². The van der Waals surface area contributed by atoms with Gasteiger partial charge in [-0.05, 0) is 42.5 Å². The lowest BCUT2D eigenvalue weighted by molar-refractivity contribution is -0.113. The summed E-state index contributed by atoms with van der Waals surface area (Å²) in [5, 5.41) is 12.4. The minimum Gasteiger partial charge on any atom is -0.325 e. The average Bonchev–Trinajstić information content (AvgIpc) is 3.14. The minimum absolute atomic E-state index is 0.0402. The highest BCUT2D eigenvalue weighted by Crippen LogP contribution is 2.22. The summed E-state index contributed by atoms with van der Waals surface area (Å²) in [4.78, 5) is 12.4. The number of nitrogens with one attached hydrogen (secondary N) is 1. The van der Waals surface area contributed by atoms with Gasteiger partial charge < -0.3 is 9.88 Å².